The van der Waals surface area contributed by atoms with E-state index >= 15 is 0 Å². The van der Waals surface area contributed by atoms with Crippen LogP contribution in [0.4, 0.5) is 9.59 Å². The molecule has 2 heterocycles. The second-order valence-electron chi connectivity index (χ2n) is 15.8. The maximum Gasteiger partial charge on any atom is 0.411 e. The molecule has 44 heavy (non-hydrogen) atoms. The Morgan fingerprint density at radius 1 is 0.705 bits per heavy atom. The maximum absolute atomic E-state index is 14.7. The maximum atomic E-state index is 14.7. The highest BCUT2D eigenvalue weighted by molar-refractivity contribution is 5.90. The zero-order chi connectivity index (χ0) is 33.5. The average Bonchev–Trinajstić information content (AvgIpc) is 3.44. The van der Waals surface area contributed by atoms with Crippen LogP contribution in [0.25, 0.3) is 0 Å². The second kappa shape index (κ2) is 12.2. The van der Waals surface area contributed by atoms with E-state index in [2.05, 4.69) is 0 Å². The first kappa shape index (κ1) is 35.2. The molecule has 2 saturated heterocycles. The monoisotopic (exact) mass is 616 g/mol. The Kier molecular flexibility index (Phi) is 9.79. The molecule has 2 aliphatic rings. The van der Waals surface area contributed by atoms with Gasteiger partial charge >= 0.3 is 24.1 Å². The van der Waals surface area contributed by atoms with Gasteiger partial charge in [-0.3, -0.25) is 9.80 Å². The minimum absolute atomic E-state index is 0.0410. The van der Waals surface area contributed by atoms with Crippen molar-refractivity contribution in [3.8, 4) is 0 Å². The number of hydrogen-bond acceptors (Lipinski definition) is 8. The first-order chi connectivity index (χ1) is 19.9. The van der Waals surface area contributed by atoms with Crippen LogP contribution in [0.5, 0.6) is 0 Å². The number of benzene rings is 1. The van der Waals surface area contributed by atoms with E-state index in [9.17, 15) is 19.2 Å². The van der Waals surface area contributed by atoms with Gasteiger partial charge in [0.15, 0.2) is 5.54 Å². The van der Waals surface area contributed by atoms with E-state index in [0.717, 1.165) is 5.56 Å². The zero-order valence-corrected chi connectivity index (χ0v) is 28.6. The minimum Gasteiger partial charge on any atom is -0.458 e. The van der Waals surface area contributed by atoms with E-state index in [1.54, 1.807) is 83.1 Å². The fraction of sp³-hybridized carbons (Fsp3) is 0.706. The van der Waals surface area contributed by atoms with Crippen molar-refractivity contribution >= 4 is 24.1 Å². The largest absolute Gasteiger partial charge is 0.458 e. The third kappa shape index (κ3) is 8.24. The quantitative estimate of drug-likeness (QED) is 0.280. The summed E-state index contributed by atoms with van der Waals surface area (Å²) in [6.45, 7) is 21.3. The number of carbonyl (C=O) groups is 4. The highest BCUT2D eigenvalue weighted by Crippen LogP contribution is 2.52. The van der Waals surface area contributed by atoms with E-state index in [1.807, 2.05) is 30.3 Å². The summed E-state index contributed by atoms with van der Waals surface area (Å²) in [4.78, 5) is 58.8. The molecule has 246 valence electrons. The molecule has 1 aromatic rings. The van der Waals surface area contributed by atoms with Gasteiger partial charge in [0, 0.05) is 24.9 Å². The molecule has 2 amide bonds. The predicted octanol–water partition coefficient (Wildman–Crippen LogP) is 6.46. The van der Waals surface area contributed by atoms with E-state index in [4.69, 9.17) is 18.9 Å². The van der Waals surface area contributed by atoms with Crippen LogP contribution in [-0.4, -0.2) is 81.0 Å². The molecule has 0 spiro atoms. The van der Waals surface area contributed by atoms with Gasteiger partial charge in [-0.15, -0.1) is 0 Å². The van der Waals surface area contributed by atoms with Crippen molar-refractivity contribution in [2.24, 2.45) is 5.92 Å². The Morgan fingerprint density at radius 2 is 1.20 bits per heavy atom. The highest BCUT2D eigenvalue weighted by atomic mass is 16.6. The Morgan fingerprint density at radius 3 is 1.70 bits per heavy atom. The standard InChI is InChI=1S/C34H52N2O8/c1-30(2,3)41-26(37)25-20-23(21-35(25)28(39)43-32(7,8)9)34(27(38)42-31(4,5)6)24(22-16-14-13-15-17-22)18-19-36(34)29(40)44-33(10,11)12/h13-17,23-25H,18-21H2,1-12H3/t23-,24+,25-,34-/m1/s1. The van der Waals surface area contributed by atoms with Gasteiger partial charge < -0.3 is 18.9 Å². The van der Waals surface area contributed by atoms with Gasteiger partial charge in [-0.05, 0) is 101 Å². The summed E-state index contributed by atoms with van der Waals surface area (Å²) in [5.41, 5.74) is -4.14. The molecule has 0 N–H and O–H groups in total. The highest BCUT2D eigenvalue weighted by Gasteiger charge is 2.66. The first-order valence-electron chi connectivity index (χ1n) is 15.5. The first-order valence-corrected chi connectivity index (χ1v) is 15.5. The molecule has 0 unspecified atom stereocenters. The molecule has 1 aromatic carbocycles. The van der Waals surface area contributed by atoms with Crippen molar-refractivity contribution in [2.75, 3.05) is 13.1 Å². The van der Waals surface area contributed by atoms with E-state index in [0.29, 0.717) is 6.42 Å². The van der Waals surface area contributed by atoms with Gasteiger partial charge in [-0.2, -0.15) is 0 Å². The van der Waals surface area contributed by atoms with Crippen molar-refractivity contribution in [3.05, 3.63) is 35.9 Å². The molecule has 3 rings (SSSR count). The summed E-state index contributed by atoms with van der Waals surface area (Å²) in [6.07, 6.45) is -0.863. The molecule has 0 saturated carbocycles. The van der Waals surface area contributed by atoms with Crippen LogP contribution in [0.1, 0.15) is 107 Å². The van der Waals surface area contributed by atoms with Crippen LogP contribution in [0.3, 0.4) is 0 Å². The molecular weight excluding hydrogens is 564 g/mol. The lowest BCUT2D eigenvalue weighted by Gasteiger charge is -2.45. The molecule has 0 radical (unpaired) electrons. The summed E-state index contributed by atoms with van der Waals surface area (Å²) in [6, 6.07) is 8.46. The van der Waals surface area contributed by atoms with Crippen LogP contribution in [0, 0.1) is 5.92 Å². The Balaban J connectivity index is 2.26. The fourth-order valence-corrected chi connectivity index (χ4v) is 6.07. The number of hydrogen-bond donors (Lipinski definition) is 0. The van der Waals surface area contributed by atoms with Gasteiger partial charge in [0.2, 0.25) is 0 Å². The van der Waals surface area contributed by atoms with Gasteiger partial charge in [-0.25, -0.2) is 19.2 Å². The summed E-state index contributed by atoms with van der Waals surface area (Å²) in [5.74, 6) is -2.44. The normalized spacial score (nSPS) is 24.6. The van der Waals surface area contributed by atoms with Gasteiger partial charge in [0.05, 0.1) is 0 Å². The van der Waals surface area contributed by atoms with Crippen molar-refractivity contribution < 1.29 is 38.1 Å². The van der Waals surface area contributed by atoms with Crippen molar-refractivity contribution in [2.45, 2.75) is 136 Å². The zero-order valence-electron chi connectivity index (χ0n) is 28.6. The number of rotatable bonds is 4. The second-order valence-corrected chi connectivity index (χ2v) is 15.8. The van der Waals surface area contributed by atoms with Crippen LogP contribution in [-0.2, 0) is 28.5 Å². The fourth-order valence-electron chi connectivity index (χ4n) is 6.07. The average molecular weight is 617 g/mol. The molecule has 4 atom stereocenters. The summed E-state index contributed by atoms with van der Waals surface area (Å²) >= 11 is 0. The summed E-state index contributed by atoms with van der Waals surface area (Å²) < 4.78 is 23.5. The number of likely N-dealkylation sites (tertiary alicyclic amines) is 2. The topological polar surface area (TPSA) is 112 Å². The van der Waals surface area contributed by atoms with Gasteiger partial charge in [0.25, 0.3) is 0 Å². The Hall–Kier alpha value is -3.30. The van der Waals surface area contributed by atoms with E-state index in [-0.39, 0.29) is 19.5 Å². The third-order valence-corrected chi connectivity index (χ3v) is 7.39. The molecule has 2 fully saturated rings. The molecule has 10 nitrogen and oxygen atoms in total. The molecule has 2 aliphatic heterocycles. The Labute approximate surface area is 262 Å². The number of ether oxygens (including phenoxy) is 4. The van der Waals surface area contributed by atoms with Crippen LogP contribution >= 0.6 is 0 Å². The molecule has 0 bridgehead atoms. The van der Waals surface area contributed by atoms with Crippen molar-refractivity contribution in [3.63, 3.8) is 0 Å². The SMILES string of the molecule is CC(C)(C)OC(=O)[C@H]1C[C@@H]([C@]2(C(=O)OC(C)(C)C)[C@H](c3ccccc3)CCN2C(=O)OC(C)(C)C)CN1C(=O)OC(C)(C)C. The number of nitrogens with zero attached hydrogens (tertiary/aromatic N) is 2. The summed E-state index contributed by atoms with van der Waals surface area (Å²) in [7, 11) is 0. The number of amides is 2. The molecular formula is C34H52N2O8. The minimum atomic E-state index is -1.60. The van der Waals surface area contributed by atoms with E-state index in [1.165, 1.54) is 9.80 Å². The van der Waals surface area contributed by atoms with E-state index < -0.39 is 69.9 Å². The molecule has 10 heteroatoms. The molecule has 0 aromatic heterocycles. The lowest BCUT2D eigenvalue weighted by Crippen LogP contribution is -2.63. The third-order valence-electron chi connectivity index (χ3n) is 7.39. The smallest absolute Gasteiger partial charge is 0.411 e. The number of esters is 2. The van der Waals surface area contributed by atoms with Crippen molar-refractivity contribution in [1.29, 1.82) is 0 Å². The molecule has 0 aliphatic carbocycles. The van der Waals surface area contributed by atoms with Gasteiger partial charge in [-0.1, -0.05) is 30.3 Å². The summed E-state index contributed by atoms with van der Waals surface area (Å²) in [5, 5.41) is 0. The number of carbonyl (C=O) groups excluding carboxylic acids is 4. The lowest BCUT2D eigenvalue weighted by atomic mass is 9.70. The van der Waals surface area contributed by atoms with Gasteiger partial charge in [0.1, 0.15) is 28.4 Å². The predicted molar refractivity (Wildman–Crippen MR) is 166 cm³/mol. The van der Waals surface area contributed by atoms with Crippen LogP contribution < -0.4 is 0 Å². The van der Waals surface area contributed by atoms with Crippen LogP contribution in [0.15, 0.2) is 30.3 Å². The van der Waals surface area contributed by atoms with Crippen molar-refractivity contribution in [1.82, 2.24) is 9.80 Å². The Bertz CT molecular complexity index is 1180. The van der Waals surface area contributed by atoms with Crippen LogP contribution in [0.2, 0.25) is 0 Å². The lowest BCUT2D eigenvalue weighted by molar-refractivity contribution is -0.173.